The van der Waals surface area contributed by atoms with E-state index in [-0.39, 0.29) is 5.69 Å². The van der Waals surface area contributed by atoms with E-state index in [9.17, 15) is 19.7 Å². The van der Waals surface area contributed by atoms with E-state index in [1.54, 1.807) is 30.3 Å². The molecule has 0 saturated heterocycles. The minimum absolute atomic E-state index is 0.108. The predicted molar refractivity (Wildman–Crippen MR) is 78.9 cm³/mol. The van der Waals surface area contributed by atoms with Crippen molar-refractivity contribution in [2.75, 3.05) is 0 Å². The Morgan fingerprint density at radius 1 is 1.14 bits per heavy atom. The Labute approximate surface area is 122 Å². The summed E-state index contributed by atoms with van der Waals surface area (Å²) in [6.45, 7) is 0. The quantitative estimate of drug-likeness (QED) is 0.538. The van der Waals surface area contributed by atoms with Crippen molar-refractivity contribution in [1.29, 1.82) is 0 Å². The van der Waals surface area contributed by atoms with Crippen LogP contribution in [0.2, 0.25) is 0 Å². The summed E-state index contributed by atoms with van der Waals surface area (Å²) in [4.78, 5) is 34.2. The Bertz CT molecular complexity index is 912. The molecule has 1 aromatic heterocycles. The topological polar surface area (TPSA) is 82.2 Å². The SMILES string of the molecule is O=C(c1ccccc1)n1c(=O)sc2cc([N+](=O)[O-])ccc21. The molecule has 0 amide bonds. The van der Waals surface area contributed by atoms with Crippen molar-refractivity contribution >= 4 is 33.1 Å². The molecule has 0 unspecified atom stereocenters. The maximum absolute atomic E-state index is 12.4. The number of nitro benzene ring substituents is 1. The van der Waals surface area contributed by atoms with Gasteiger partial charge < -0.3 is 0 Å². The Hall–Kier alpha value is -2.80. The third-order valence-corrected chi connectivity index (χ3v) is 3.90. The molecule has 0 radical (unpaired) electrons. The zero-order chi connectivity index (χ0) is 15.0. The summed E-state index contributed by atoms with van der Waals surface area (Å²) < 4.78 is 1.46. The van der Waals surface area contributed by atoms with Crippen LogP contribution in [-0.4, -0.2) is 15.4 Å². The first kappa shape index (κ1) is 13.2. The monoisotopic (exact) mass is 300 g/mol. The molecule has 7 heteroatoms. The molecule has 2 aromatic carbocycles. The smallest absolute Gasteiger partial charge is 0.268 e. The average Bonchev–Trinajstić information content (AvgIpc) is 2.82. The highest BCUT2D eigenvalue weighted by molar-refractivity contribution is 7.16. The summed E-state index contributed by atoms with van der Waals surface area (Å²) in [7, 11) is 0. The van der Waals surface area contributed by atoms with Gasteiger partial charge in [-0.15, -0.1) is 0 Å². The number of carbonyl (C=O) groups is 1. The van der Waals surface area contributed by atoms with Gasteiger partial charge in [0.2, 0.25) is 0 Å². The molecule has 104 valence electrons. The molecule has 0 fully saturated rings. The molecule has 0 aliphatic heterocycles. The van der Waals surface area contributed by atoms with Crippen LogP contribution >= 0.6 is 11.3 Å². The summed E-state index contributed by atoms with van der Waals surface area (Å²) in [5.74, 6) is -0.444. The number of rotatable bonds is 2. The summed E-state index contributed by atoms with van der Waals surface area (Å²) in [6.07, 6.45) is 0. The normalized spacial score (nSPS) is 10.7. The van der Waals surface area contributed by atoms with Gasteiger partial charge in [-0.25, -0.2) is 4.57 Å². The van der Waals surface area contributed by atoms with Crippen LogP contribution in [0.15, 0.2) is 53.3 Å². The van der Waals surface area contributed by atoms with Gasteiger partial charge >= 0.3 is 4.87 Å². The lowest BCUT2D eigenvalue weighted by molar-refractivity contribution is -0.384. The molecule has 0 bridgehead atoms. The fraction of sp³-hybridized carbons (Fsp3) is 0. The Morgan fingerprint density at radius 2 is 1.86 bits per heavy atom. The number of hydrogen-bond donors (Lipinski definition) is 0. The van der Waals surface area contributed by atoms with Gasteiger partial charge in [0.25, 0.3) is 11.6 Å². The van der Waals surface area contributed by atoms with Gasteiger partial charge in [0.1, 0.15) is 0 Å². The number of nitrogens with zero attached hydrogens (tertiary/aromatic N) is 2. The number of fused-ring (bicyclic) bond motifs is 1. The first-order valence-electron chi connectivity index (χ1n) is 5.97. The number of benzene rings is 2. The minimum Gasteiger partial charge on any atom is -0.268 e. The number of nitro groups is 1. The highest BCUT2D eigenvalue weighted by Crippen LogP contribution is 2.23. The van der Waals surface area contributed by atoms with Crippen LogP contribution in [0.3, 0.4) is 0 Å². The molecule has 3 rings (SSSR count). The molecule has 6 nitrogen and oxygen atoms in total. The highest BCUT2D eigenvalue weighted by atomic mass is 32.1. The van der Waals surface area contributed by atoms with E-state index in [1.807, 2.05) is 0 Å². The molecule has 21 heavy (non-hydrogen) atoms. The standard InChI is InChI=1S/C14H8N2O4S/c17-13(9-4-2-1-3-5-9)15-11-7-6-10(16(19)20)8-12(11)21-14(15)18/h1-8H. The van der Waals surface area contributed by atoms with E-state index in [2.05, 4.69) is 0 Å². The minimum atomic E-state index is -0.535. The van der Waals surface area contributed by atoms with Gasteiger partial charge in [-0.2, -0.15) is 0 Å². The zero-order valence-corrected chi connectivity index (χ0v) is 11.4. The number of aromatic nitrogens is 1. The Balaban J connectivity index is 2.20. The fourth-order valence-corrected chi connectivity index (χ4v) is 2.93. The van der Waals surface area contributed by atoms with E-state index in [1.165, 1.54) is 18.2 Å². The number of hydrogen-bond acceptors (Lipinski definition) is 5. The van der Waals surface area contributed by atoms with Crippen LogP contribution in [0, 0.1) is 10.1 Å². The van der Waals surface area contributed by atoms with E-state index in [0.717, 1.165) is 15.9 Å². The highest BCUT2D eigenvalue weighted by Gasteiger charge is 2.18. The van der Waals surface area contributed by atoms with Crippen molar-refractivity contribution in [3.8, 4) is 0 Å². The van der Waals surface area contributed by atoms with Crippen molar-refractivity contribution in [1.82, 2.24) is 4.57 Å². The van der Waals surface area contributed by atoms with Crippen LogP contribution in [0.5, 0.6) is 0 Å². The average molecular weight is 300 g/mol. The predicted octanol–water partition coefficient (Wildman–Crippen LogP) is 2.66. The molecule has 3 aromatic rings. The van der Waals surface area contributed by atoms with Gasteiger partial charge in [-0.1, -0.05) is 29.5 Å². The number of non-ortho nitro benzene ring substituents is 1. The lowest BCUT2D eigenvalue weighted by Crippen LogP contribution is -2.22. The van der Waals surface area contributed by atoms with Crippen LogP contribution in [0.25, 0.3) is 10.2 Å². The molecular formula is C14H8N2O4S. The maximum Gasteiger partial charge on any atom is 0.315 e. The van der Waals surface area contributed by atoms with Crippen molar-refractivity contribution in [2.45, 2.75) is 0 Å². The van der Waals surface area contributed by atoms with Crippen molar-refractivity contribution in [3.63, 3.8) is 0 Å². The van der Waals surface area contributed by atoms with Crippen molar-refractivity contribution in [2.24, 2.45) is 0 Å². The lowest BCUT2D eigenvalue weighted by atomic mass is 10.2. The van der Waals surface area contributed by atoms with Crippen molar-refractivity contribution in [3.05, 3.63) is 73.9 Å². The third-order valence-electron chi connectivity index (χ3n) is 3.00. The van der Waals surface area contributed by atoms with Crippen molar-refractivity contribution < 1.29 is 9.72 Å². The summed E-state index contributed by atoms with van der Waals surface area (Å²) in [5.41, 5.74) is 0.658. The molecular weight excluding hydrogens is 292 g/mol. The first-order chi connectivity index (χ1) is 10.1. The largest absolute Gasteiger partial charge is 0.315 e. The second kappa shape index (κ2) is 4.95. The maximum atomic E-state index is 12.4. The van der Waals surface area contributed by atoms with Gasteiger partial charge in [0, 0.05) is 17.7 Å². The van der Waals surface area contributed by atoms with Gasteiger partial charge in [0.05, 0.1) is 15.1 Å². The first-order valence-corrected chi connectivity index (χ1v) is 6.79. The van der Waals surface area contributed by atoms with E-state index in [4.69, 9.17) is 0 Å². The third kappa shape index (κ3) is 2.23. The second-order valence-corrected chi connectivity index (χ2v) is 5.28. The van der Waals surface area contributed by atoms with Crippen LogP contribution < -0.4 is 4.87 Å². The summed E-state index contributed by atoms with van der Waals surface area (Å²) in [6, 6.07) is 12.4. The summed E-state index contributed by atoms with van der Waals surface area (Å²) >= 11 is 0.815. The fourth-order valence-electron chi connectivity index (χ4n) is 2.02. The van der Waals surface area contributed by atoms with Crippen LogP contribution in [-0.2, 0) is 0 Å². The molecule has 0 saturated carbocycles. The van der Waals surface area contributed by atoms with Gasteiger partial charge in [-0.05, 0) is 18.2 Å². The second-order valence-electron chi connectivity index (χ2n) is 4.28. The molecule has 0 atom stereocenters. The Kier molecular flexibility index (Phi) is 3.11. The molecule has 0 spiro atoms. The van der Waals surface area contributed by atoms with Gasteiger partial charge in [-0.3, -0.25) is 19.7 Å². The van der Waals surface area contributed by atoms with Gasteiger partial charge in [0.15, 0.2) is 0 Å². The molecule has 0 aliphatic rings. The Morgan fingerprint density at radius 3 is 2.52 bits per heavy atom. The number of carbonyl (C=O) groups excluding carboxylic acids is 1. The molecule has 1 heterocycles. The van der Waals surface area contributed by atoms with Crippen LogP contribution in [0.1, 0.15) is 10.4 Å². The van der Waals surface area contributed by atoms with E-state index >= 15 is 0 Å². The zero-order valence-electron chi connectivity index (χ0n) is 10.6. The lowest BCUT2D eigenvalue weighted by Gasteiger charge is -2.02. The van der Waals surface area contributed by atoms with Crippen LogP contribution in [0.4, 0.5) is 5.69 Å². The molecule has 0 N–H and O–H groups in total. The van der Waals surface area contributed by atoms with E-state index in [0.29, 0.717) is 15.8 Å². The number of thiazole rings is 1. The van der Waals surface area contributed by atoms with E-state index < -0.39 is 15.7 Å². The summed E-state index contributed by atoms with van der Waals surface area (Å²) in [5, 5.41) is 10.8. The molecule has 0 aliphatic carbocycles.